The van der Waals surface area contributed by atoms with E-state index in [1.54, 1.807) is 0 Å². The number of hydrogen-bond acceptors (Lipinski definition) is 24. The van der Waals surface area contributed by atoms with Crippen molar-refractivity contribution in [2.24, 2.45) is 0 Å². The fourth-order valence-corrected chi connectivity index (χ4v) is 7.27. The van der Waals surface area contributed by atoms with Crippen LogP contribution in [-0.2, 0) is 109 Å². The van der Waals surface area contributed by atoms with Gasteiger partial charge in [-0.25, -0.2) is 0 Å². The van der Waals surface area contributed by atoms with Gasteiger partial charge in [0.05, 0.1) is 0 Å². The lowest BCUT2D eigenvalue weighted by Crippen LogP contribution is -2.68. The van der Waals surface area contributed by atoms with Crippen LogP contribution in [0.2, 0.25) is 0 Å². The van der Waals surface area contributed by atoms with Crippen LogP contribution in [0.1, 0.15) is 62.3 Å². The van der Waals surface area contributed by atoms with E-state index in [0.717, 1.165) is 62.3 Å². The van der Waals surface area contributed by atoms with E-state index >= 15 is 0 Å². The van der Waals surface area contributed by atoms with E-state index in [-0.39, 0.29) is 4.43 Å². The van der Waals surface area contributed by atoms with Crippen molar-refractivity contribution < 1.29 is 115 Å². The highest BCUT2D eigenvalue weighted by molar-refractivity contribution is 14.1. The van der Waals surface area contributed by atoms with Gasteiger partial charge in [-0.2, -0.15) is 0 Å². The van der Waals surface area contributed by atoms with Crippen LogP contribution >= 0.6 is 22.6 Å². The van der Waals surface area contributed by atoms with Crippen LogP contribution < -0.4 is 0 Å². The third-order valence-electron chi connectivity index (χ3n) is 8.54. The minimum atomic E-state index is -1.99. The van der Waals surface area contributed by atoms with Crippen LogP contribution in [0.3, 0.4) is 0 Å². The number of rotatable bonds is 16. The van der Waals surface area contributed by atoms with Gasteiger partial charge in [-0.05, 0) is 0 Å². The Labute approximate surface area is 362 Å². The van der Waals surface area contributed by atoms with E-state index in [1.165, 1.54) is 0 Å². The summed E-state index contributed by atoms with van der Waals surface area (Å²) in [6.07, 6.45) is -25.4. The van der Waals surface area contributed by atoms with Crippen molar-refractivity contribution in [3.8, 4) is 0 Å². The highest BCUT2D eigenvalue weighted by atomic mass is 127. The molecule has 344 valence electrons. The summed E-state index contributed by atoms with van der Waals surface area (Å²) in [7, 11) is 0. The standard InChI is InChI=1S/C36H49IO24/c1-13(38)48-11-23-26(28(51-16(4)41)31(34(47)57-23)54-19(7)44)60-36-33(56-21(9)46)30(53-18(6)43)27(24(59-36)12-49-14(2)39)61-35-32(55-20(8)45)29(52-17(5)42)25(50-15(3)40)22(10-37)58-35/h22-36,47H,10-12H2,1-9H3/t22-,23-,24-,25-,26-,27-,28+,29+,30+,31-,32-,33-,34-,35-,36-/m1/s1. The molecule has 0 bridgehead atoms. The molecule has 3 rings (SSSR count). The van der Waals surface area contributed by atoms with Crippen LogP contribution in [0, 0.1) is 0 Å². The van der Waals surface area contributed by atoms with Crippen molar-refractivity contribution in [2.45, 2.75) is 154 Å². The monoisotopic (exact) mass is 992 g/mol. The largest absolute Gasteiger partial charge is 0.463 e. The predicted molar refractivity (Wildman–Crippen MR) is 199 cm³/mol. The quantitative estimate of drug-likeness (QED) is 0.0840. The number of halogens is 1. The van der Waals surface area contributed by atoms with Gasteiger partial charge in [0.15, 0.2) is 61.6 Å². The van der Waals surface area contributed by atoms with Gasteiger partial charge >= 0.3 is 53.7 Å². The topological polar surface area (TPSA) is 303 Å². The Morgan fingerprint density at radius 2 is 0.689 bits per heavy atom. The van der Waals surface area contributed by atoms with E-state index in [4.69, 9.17) is 66.3 Å². The average molecular weight is 993 g/mol. The van der Waals surface area contributed by atoms with Crippen LogP contribution in [0.25, 0.3) is 0 Å². The minimum absolute atomic E-state index is 0.0576. The van der Waals surface area contributed by atoms with E-state index in [9.17, 15) is 48.3 Å². The van der Waals surface area contributed by atoms with Crippen molar-refractivity contribution in [1.29, 1.82) is 0 Å². The van der Waals surface area contributed by atoms with Crippen molar-refractivity contribution in [1.82, 2.24) is 0 Å². The molecule has 25 heteroatoms. The molecular formula is C36H49IO24. The molecule has 24 nitrogen and oxygen atoms in total. The number of carbonyl (C=O) groups is 9. The fourth-order valence-electron chi connectivity index (χ4n) is 6.56. The smallest absolute Gasteiger partial charge is 0.303 e. The number of ether oxygens (including phenoxy) is 14. The van der Waals surface area contributed by atoms with Gasteiger partial charge in [0, 0.05) is 66.7 Å². The first-order chi connectivity index (χ1) is 28.5. The minimum Gasteiger partial charge on any atom is -0.463 e. The normalized spacial score (nSPS) is 33.4. The molecule has 15 atom stereocenters. The molecule has 0 amide bonds. The lowest BCUT2D eigenvalue weighted by atomic mass is 9.95. The molecule has 3 saturated heterocycles. The molecule has 3 fully saturated rings. The number of hydrogen-bond donors (Lipinski definition) is 1. The Kier molecular flexibility index (Phi) is 19.5. The van der Waals surface area contributed by atoms with Gasteiger partial charge in [0.2, 0.25) is 0 Å². The van der Waals surface area contributed by atoms with E-state index in [1.807, 2.05) is 22.6 Å². The molecule has 0 aliphatic carbocycles. The summed E-state index contributed by atoms with van der Waals surface area (Å²) in [5, 5.41) is 10.9. The maximum absolute atomic E-state index is 12.8. The lowest BCUT2D eigenvalue weighted by molar-refractivity contribution is -0.377. The SMILES string of the molecule is CC(=O)OC[C@H]1O[C@@H](O)[C@H](OC(C)=O)[C@@H](OC(C)=O)[C@@H]1O[C@H]1O[C@H](COC(C)=O)[C@@H](O[C@H]2O[C@H](CI)[C@@H](OC(C)=O)[C@H](OC(C)=O)[C@H]2OC(C)=O)[C@H](OC(C)=O)[C@H]1OC(C)=O. The van der Waals surface area contributed by atoms with Gasteiger partial charge in [-0.1, -0.05) is 22.6 Å². The second-order valence-corrected chi connectivity index (χ2v) is 14.5. The Balaban J connectivity index is 2.24. The number of esters is 9. The molecule has 0 aromatic rings. The van der Waals surface area contributed by atoms with Crippen molar-refractivity contribution >= 4 is 76.3 Å². The van der Waals surface area contributed by atoms with Gasteiger partial charge in [-0.3, -0.25) is 43.2 Å². The van der Waals surface area contributed by atoms with E-state index in [2.05, 4.69) is 0 Å². The van der Waals surface area contributed by atoms with E-state index in [0.29, 0.717) is 0 Å². The lowest BCUT2D eigenvalue weighted by Gasteiger charge is -2.50. The molecule has 1 N–H and O–H groups in total. The van der Waals surface area contributed by atoms with Crippen LogP contribution in [0.5, 0.6) is 0 Å². The Bertz CT molecular complexity index is 1620. The first-order valence-corrected chi connectivity index (χ1v) is 20.0. The first-order valence-electron chi connectivity index (χ1n) is 18.5. The Morgan fingerprint density at radius 3 is 1.05 bits per heavy atom. The second kappa shape index (κ2) is 23.2. The van der Waals surface area contributed by atoms with Crippen LogP contribution in [0.15, 0.2) is 0 Å². The number of aliphatic hydroxyl groups is 1. The van der Waals surface area contributed by atoms with Gasteiger partial charge in [0.1, 0.15) is 43.7 Å². The third-order valence-corrected chi connectivity index (χ3v) is 9.41. The molecule has 61 heavy (non-hydrogen) atoms. The Morgan fingerprint density at radius 1 is 0.393 bits per heavy atom. The Hall–Kier alpha value is -4.28. The summed E-state index contributed by atoms with van der Waals surface area (Å²) < 4.78 is 79.5. The summed E-state index contributed by atoms with van der Waals surface area (Å²) in [4.78, 5) is 111. The van der Waals surface area contributed by atoms with Crippen LogP contribution in [-0.4, -0.2) is 169 Å². The molecule has 3 heterocycles. The molecular weight excluding hydrogens is 943 g/mol. The number of carbonyl (C=O) groups excluding carboxylic acids is 9. The summed E-state index contributed by atoms with van der Waals surface area (Å²) >= 11 is 1.89. The van der Waals surface area contributed by atoms with Gasteiger partial charge in [0.25, 0.3) is 0 Å². The molecule has 0 radical (unpaired) electrons. The first kappa shape index (κ1) is 51.1. The summed E-state index contributed by atoms with van der Waals surface area (Å²) in [6.45, 7) is 7.75. The molecule has 0 spiro atoms. The predicted octanol–water partition coefficient (Wildman–Crippen LogP) is -0.993. The average Bonchev–Trinajstić information content (AvgIpc) is 3.12. The summed E-state index contributed by atoms with van der Waals surface area (Å²) in [5.74, 6) is -8.26. The second-order valence-electron chi connectivity index (χ2n) is 13.6. The third kappa shape index (κ3) is 14.9. The van der Waals surface area contributed by atoms with Crippen molar-refractivity contribution in [3.63, 3.8) is 0 Å². The molecule has 0 unspecified atom stereocenters. The zero-order valence-electron chi connectivity index (χ0n) is 34.5. The summed E-state index contributed by atoms with van der Waals surface area (Å²) in [6, 6.07) is 0. The highest BCUT2D eigenvalue weighted by Crippen LogP contribution is 2.38. The zero-order valence-corrected chi connectivity index (χ0v) is 36.7. The maximum Gasteiger partial charge on any atom is 0.303 e. The zero-order chi connectivity index (χ0) is 45.9. The van der Waals surface area contributed by atoms with Gasteiger partial charge < -0.3 is 71.4 Å². The van der Waals surface area contributed by atoms with Crippen LogP contribution in [0.4, 0.5) is 0 Å². The van der Waals surface area contributed by atoms with Gasteiger partial charge in [-0.15, -0.1) is 0 Å². The number of alkyl halides is 1. The maximum atomic E-state index is 12.8. The molecule has 0 saturated carbocycles. The molecule has 3 aliphatic rings. The fraction of sp³-hybridized carbons (Fsp3) is 0.750. The highest BCUT2D eigenvalue weighted by Gasteiger charge is 2.59. The molecule has 0 aromatic heterocycles. The molecule has 3 aliphatic heterocycles. The van der Waals surface area contributed by atoms with Crippen molar-refractivity contribution in [2.75, 3.05) is 17.6 Å². The van der Waals surface area contributed by atoms with Crippen molar-refractivity contribution in [3.05, 3.63) is 0 Å². The number of aliphatic hydroxyl groups excluding tert-OH is 1. The van der Waals surface area contributed by atoms with E-state index < -0.39 is 159 Å². The molecule has 0 aromatic carbocycles. The summed E-state index contributed by atoms with van der Waals surface area (Å²) in [5.41, 5.74) is 0.